The summed E-state index contributed by atoms with van der Waals surface area (Å²) in [6, 6.07) is 18.4. The van der Waals surface area contributed by atoms with Crippen LogP contribution in [-0.4, -0.2) is 44.4 Å². The van der Waals surface area contributed by atoms with E-state index in [1.165, 1.54) is 12.1 Å². The average Bonchev–Trinajstić information content (AvgIpc) is 3.31. The van der Waals surface area contributed by atoms with E-state index in [0.717, 1.165) is 18.4 Å². The third-order valence-electron chi connectivity index (χ3n) is 7.24. The van der Waals surface area contributed by atoms with E-state index < -0.39 is 15.7 Å². The van der Waals surface area contributed by atoms with Gasteiger partial charge in [0.2, 0.25) is 0 Å². The number of anilines is 1. The number of amides is 1. The largest absolute Gasteiger partial charge is 0.381 e. The number of ether oxygens (including phenoxy) is 1. The van der Waals surface area contributed by atoms with Crippen molar-refractivity contribution in [3.05, 3.63) is 83.8 Å². The van der Waals surface area contributed by atoms with Gasteiger partial charge in [0.15, 0.2) is 9.84 Å². The van der Waals surface area contributed by atoms with Gasteiger partial charge in [0.05, 0.1) is 4.90 Å². The summed E-state index contributed by atoms with van der Waals surface area (Å²) in [4.78, 5) is 16.8. The predicted octanol–water partition coefficient (Wildman–Crippen LogP) is 6.02. The summed E-state index contributed by atoms with van der Waals surface area (Å²) >= 11 is 0. The van der Waals surface area contributed by atoms with Crippen LogP contribution in [0.3, 0.4) is 0 Å². The Balaban J connectivity index is 1.45. The molecule has 0 atom stereocenters. The summed E-state index contributed by atoms with van der Waals surface area (Å²) in [6.45, 7) is 7.41. The highest BCUT2D eigenvalue weighted by Gasteiger charge is 2.24. The van der Waals surface area contributed by atoms with Gasteiger partial charge in [-0.1, -0.05) is 45.0 Å². The van der Waals surface area contributed by atoms with Crippen LogP contribution in [0, 0.1) is 5.82 Å². The Hall–Kier alpha value is -3.69. The van der Waals surface area contributed by atoms with Crippen LogP contribution in [0.25, 0.3) is 22.0 Å². The summed E-state index contributed by atoms with van der Waals surface area (Å²) in [5, 5.41) is 6.78. The molecule has 0 radical (unpaired) electrons. The first-order chi connectivity index (χ1) is 19.0. The first-order valence-corrected chi connectivity index (χ1v) is 15.0. The van der Waals surface area contributed by atoms with Gasteiger partial charge in [-0.25, -0.2) is 12.8 Å². The molecule has 0 unspecified atom stereocenters. The highest BCUT2D eigenvalue weighted by atomic mass is 32.2. The lowest BCUT2D eigenvalue weighted by Gasteiger charge is -2.23. The monoisotopic (exact) mass is 563 g/mol. The standard InChI is InChI=1S/C31H34FN3O4S/c1-31(2,3)21-7-10-25(11-8-21)40(37,38)19-33-24-9-12-27-26(18-24)28(20-5-4-6-22(32)17-20)29(35-27)30(36)34-23-13-15-39-16-14-23/h4-12,17-18,23,33,35H,13-16,19H2,1-3H3,(H,34,36). The Morgan fingerprint density at radius 2 is 1.75 bits per heavy atom. The van der Waals surface area contributed by atoms with Crippen LogP contribution in [0.5, 0.6) is 0 Å². The molecule has 3 aromatic carbocycles. The molecule has 1 aliphatic heterocycles. The highest BCUT2D eigenvalue weighted by Crippen LogP contribution is 2.35. The Morgan fingerprint density at radius 1 is 1.02 bits per heavy atom. The van der Waals surface area contributed by atoms with Gasteiger partial charge in [-0.2, -0.15) is 0 Å². The maximum absolute atomic E-state index is 14.2. The van der Waals surface area contributed by atoms with Crippen LogP contribution in [0.15, 0.2) is 71.6 Å². The zero-order chi connectivity index (χ0) is 28.5. The summed E-state index contributed by atoms with van der Waals surface area (Å²) in [6.07, 6.45) is 1.45. The van der Waals surface area contributed by atoms with E-state index in [1.807, 2.05) is 12.1 Å². The van der Waals surface area contributed by atoms with E-state index in [1.54, 1.807) is 42.5 Å². The molecule has 2 heterocycles. The number of carbonyl (C=O) groups is 1. The number of benzene rings is 3. The summed E-state index contributed by atoms with van der Waals surface area (Å²) in [5.74, 6) is -0.997. The molecule has 40 heavy (non-hydrogen) atoms. The Bertz CT molecular complexity index is 1630. The number of hydrogen-bond acceptors (Lipinski definition) is 5. The molecule has 1 aromatic heterocycles. The fraction of sp³-hybridized carbons (Fsp3) is 0.323. The van der Waals surface area contributed by atoms with Crippen molar-refractivity contribution in [2.45, 2.75) is 50.0 Å². The van der Waals surface area contributed by atoms with Crippen molar-refractivity contribution in [3.63, 3.8) is 0 Å². The van der Waals surface area contributed by atoms with Gasteiger partial charge in [-0.15, -0.1) is 0 Å². The first-order valence-electron chi connectivity index (χ1n) is 13.4. The lowest BCUT2D eigenvalue weighted by atomic mass is 9.87. The first kappa shape index (κ1) is 27.9. The fourth-order valence-electron chi connectivity index (χ4n) is 4.94. The Kier molecular flexibility index (Phi) is 7.70. The molecule has 0 aliphatic carbocycles. The van der Waals surface area contributed by atoms with Gasteiger partial charge >= 0.3 is 0 Å². The minimum Gasteiger partial charge on any atom is -0.381 e. The topological polar surface area (TPSA) is 100 Å². The average molecular weight is 564 g/mol. The Morgan fingerprint density at radius 3 is 2.42 bits per heavy atom. The smallest absolute Gasteiger partial charge is 0.268 e. The number of halogens is 1. The number of sulfone groups is 1. The maximum Gasteiger partial charge on any atom is 0.268 e. The summed E-state index contributed by atoms with van der Waals surface area (Å²) < 4.78 is 45.8. The SMILES string of the molecule is CC(C)(C)c1ccc(S(=O)(=O)CNc2ccc3[nH]c(C(=O)NC4CCOCC4)c(-c4cccc(F)c4)c3c2)cc1. The van der Waals surface area contributed by atoms with Gasteiger partial charge in [0, 0.05) is 41.4 Å². The molecule has 210 valence electrons. The predicted molar refractivity (Wildman–Crippen MR) is 156 cm³/mol. The maximum atomic E-state index is 14.2. The summed E-state index contributed by atoms with van der Waals surface area (Å²) in [7, 11) is -3.61. The highest BCUT2D eigenvalue weighted by molar-refractivity contribution is 7.91. The number of nitrogens with one attached hydrogen (secondary N) is 3. The second kappa shape index (κ2) is 11.1. The molecular weight excluding hydrogens is 529 g/mol. The number of fused-ring (bicyclic) bond motifs is 1. The molecule has 0 saturated carbocycles. The third kappa shape index (κ3) is 6.05. The van der Waals surface area contributed by atoms with Crippen molar-refractivity contribution >= 4 is 32.3 Å². The molecule has 9 heteroatoms. The number of aromatic amines is 1. The van der Waals surface area contributed by atoms with Crippen LogP contribution in [0.4, 0.5) is 10.1 Å². The molecule has 0 bridgehead atoms. The quantitative estimate of drug-likeness (QED) is 0.255. The molecule has 1 aliphatic rings. The zero-order valence-electron chi connectivity index (χ0n) is 22.9. The fourth-order valence-corrected chi connectivity index (χ4v) is 6.01. The molecule has 5 rings (SSSR count). The van der Waals surface area contributed by atoms with Crippen molar-refractivity contribution < 1.29 is 22.3 Å². The number of H-pyrrole nitrogens is 1. The van der Waals surface area contributed by atoms with E-state index >= 15 is 0 Å². The number of rotatable bonds is 7. The normalized spacial score (nSPS) is 14.8. The molecular formula is C31H34FN3O4S. The van der Waals surface area contributed by atoms with Gasteiger partial charge in [0.25, 0.3) is 5.91 Å². The minimum absolute atomic E-state index is 0.00656. The lowest BCUT2D eigenvalue weighted by Crippen LogP contribution is -2.39. The van der Waals surface area contributed by atoms with E-state index in [9.17, 15) is 17.6 Å². The van der Waals surface area contributed by atoms with Crippen molar-refractivity contribution in [3.8, 4) is 11.1 Å². The van der Waals surface area contributed by atoms with Crippen molar-refractivity contribution in [2.75, 3.05) is 24.4 Å². The van der Waals surface area contributed by atoms with Gasteiger partial charge in [-0.3, -0.25) is 4.79 Å². The summed E-state index contributed by atoms with van der Waals surface area (Å²) in [5.41, 5.74) is 3.66. The minimum atomic E-state index is -3.61. The van der Waals surface area contributed by atoms with E-state index in [-0.39, 0.29) is 28.1 Å². The number of aromatic nitrogens is 1. The van der Waals surface area contributed by atoms with E-state index in [2.05, 4.69) is 36.4 Å². The molecule has 4 aromatic rings. The number of carbonyl (C=O) groups excluding carboxylic acids is 1. The molecule has 1 fully saturated rings. The van der Waals surface area contributed by atoms with Gasteiger partial charge in [-0.05, 0) is 71.8 Å². The van der Waals surface area contributed by atoms with Gasteiger partial charge in [0.1, 0.15) is 17.4 Å². The van der Waals surface area contributed by atoms with Crippen molar-refractivity contribution in [1.82, 2.24) is 10.3 Å². The second-order valence-corrected chi connectivity index (χ2v) is 13.2. The van der Waals surface area contributed by atoms with Crippen molar-refractivity contribution in [2.24, 2.45) is 0 Å². The van der Waals surface area contributed by atoms with Crippen molar-refractivity contribution in [1.29, 1.82) is 0 Å². The van der Waals surface area contributed by atoms with Gasteiger partial charge < -0.3 is 20.4 Å². The van der Waals surface area contributed by atoms with Crippen LogP contribution in [0.2, 0.25) is 0 Å². The van der Waals surface area contributed by atoms with Crippen LogP contribution in [-0.2, 0) is 20.0 Å². The second-order valence-electron chi connectivity index (χ2n) is 11.2. The van der Waals surface area contributed by atoms with Crippen LogP contribution in [0.1, 0.15) is 49.7 Å². The third-order valence-corrected chi connectivity index (χ3v) is 8.76. The van der Waals surface area contributed by atoms with Crippen LogP contribution < -0.4 is 10.6 Å². The lowest BCUT2D eigenvalue weighted by molar-refractivity contribution is 0.0695. The number of hydrogen-bond donors (Lipinski definition) is 3. The molecule has 0 spiro atoms. The van der Waals surface area contributed by atoms with E-state index in [0.29, 0.717) is 46.6 Å². The zero-order valence-corrected chi connectivity index (χ0v) is 23.7. The van der Waals surface area contributed by atoms with Crippen LogP contribution >= 0.6 is 0 Å². The molecule has 3 N–H and O–H groups in total. The van der Waals surface area contributed by atoms with E-state index in [4.69, 9.17) is 4.74 Å². The molecule has 1 saturated heterocycles. The molecule has 1 amide bonds. The Labute approximate surface area is 234 Å². The molecule has 7 nitrogen and oxygen atoms in total.